The van der Waals surface area contributed by atoms with Crippen molar-refractivity contribution in [1.82, 2.24) is 5.32 Å². The lowest BCUT2D eigenvalue weighted by Gasteiger charge is -2.32. The molecule has 3 nitrogen and oxygen atoms in total. The number of rotatable bonds is 6. The molecule has 21 heavy (non-hydrogen) atoms. The van der Waals surface area contributed by atoms with Gasteiger partial charge in [0.05, 0.1) is 5.56 Å². The molecule has 2 unspecified atom stereocenters. The first-order valence-corrected chi connectivity index (χ1v) is 8.13. The second-order valence-electron chi connectivity index (χ2n) is 6.43. The van der Waals surface area contributed by atoms with Gasteiger partial charge in [-0.05, 0) is 36.5 Å². The Morgan fingerprint density at radius 1 is 1.19 bits per heavy atom. The SMILES string of the molecule is CC(NCc1ccc(C(=O)O)cc1)C(C)C1CCCCC1. The average Bonchev–Trinajstić information content (AvgIpc) is 2.53. The van der Waals surface area contributed by atoms with Crippen molar-refractivity contribution in [2.24, 2.45) is 11.8 Å². The molecule has 0 heterocycles. The fourth-order valence-electron chi connectivity index (χ4n) is 3.30. The smallest absolute Gasteiger partial charge is 0.335 e. The Hall–Kier alpha value is -1.35. The molecule has 1 aromatic rings. The highest BCUT2D eigenvalue weighted by Crippen LogP contribution is 2.31. The molecule has 1 fully saturated rings. The van der Waals surface area contributed by atoms with Gasteiger partial charge in [-0.15, -0.1) is 0 Å². The predicted molar refractivity (Wildman–Crippen MR) is 85.4 cm³/mol. The van der Waals surface area contributed by atoms with Gasteiger partial charge in [0.1, 0.15) is 0 Å². The Bertz CT molecular complexity index is 449. The van der Waals surface area contributed by atoms with Crippen molar-refractivity contribution in [2.45, 2.75) is 58.5 Å². The zero-order chi connectivity index (χ0) is 15.2. The molecule has 1 aliphatic rings. The summed E-state index contributed by atoms with van der Waals surface area (Å²) in [6.07, 6.45) is 6.93. The van der Waals surface area contributed by atoms with E-state index >= 15 is 0 Å². The molecule has 1 aliphatic carbocycles. The molecule has 0 spiro atoms. The molecule has 2 rings (SSSR count). The van der Waals surface area contributed by atoms with Gasteiger partial charge >= 0.3 is 5.97 Å². The lowest BCUT2D eigenvalue weighted by atomic mass is 9.78. The summed E-state index contributed by atoms with van der Waals surface area (Å²) in [6.45, 7) is 5.43. The number of hydrogen-bond acceptors (Lipinski definition) is 2. The van der Waals surface area contributed by atoms with Crippen LogP contribution in [0.2, 0.25) is 0 Å². The first kappa shape index (κ1) is 16.0. The molecule has 2 N–H and O–H groups in total. The summed E-state index contributed by atoms with van der Waals surface area (Å²) in [4.78, 5) is 10.8. The van der Waals surface area contributed by atoms with Gasteiger partial charge in [0.2, 0.25) is 0 Å². The average molecular weight is 289 g/mol. The molecule has 0 aromatic heterocycles. The van der Waals surface area contributed by atoms with Crippen LogP contribution >= 0.6 is 0 Å². The maximum Gasteiger partial charge on any atom is 0.335 e. The number of carboxylic acid groups (broad SMARTS) is 1. The summed E-state index contributed by atoms with van der Waals surface area (Å²) in [7, 11) is 0. The van der Waals surface area contributed by atoms with Crippen LogP contribution in [0, 0.1) is 11.8 Å². The van der Waals surface area contributed by atoms with Gasteiger partial charge in [0, 0.05) is 12.6 Å². The topological polar surface area (TPSA) is 49.3 Å². The summed E-state index contributed by atoms with van der Waals surface area (Å²) < 4.78 is 0. The predicted octanol–water partition coefficient (Wildman–Crippen LogP) is 4.08. The zero-order valence-electron chi connectivity index (χ0n) is 13.1. The first-order valence-electron chi connectivity index (χ1n) is 8.13. The number of hydrogen-bond donors (Lipinski definition) is 2. The van der Waals surface area contributed by atoms with Crippen LogP contribution in [0.3, 0.4) is 0 Å². The fraction of sp³-hybridized carbons (Fsp3) is 0.611. The molecule has 1 aromatic carbocycles. The minimum absolute atomic E-state index is 0.349. The van der Waals surface area contributed by atoms with Gasteiger partial charge < -0.3 is 10.4 Å². The highest BCUT2D eigenvalue weighted by atomic mass is 16.4. The second-order valence-corrected chi connectivity index (χ2v) is 6.43. The largest absolute Gasteiger partial charge is 0.478 e. The van der Waals surface area contributed by atoms with Crippen LogP contribution < -0.4 is 5.32 Å². The zero-order valence-corrected chi connectivity index (χ0v) is 13.1. The van der Waals surface area contributed by atoms with E-state index in [1.54, 1.807) is 12.1 Å². The molecule has 2 atom stereocenters. The minimum Gasteiger partial charge on any atom is -0.478 e. The Morgan fingerprint density at radius 3 is 2.38 bits per heavy atom. The van der Waals surface area contributed by atoms with E-state index in [-0.39, 0.29) is 0 Å². The summed E-state index contributed by atoms with van der Waals surface area (Å²) in [5.41, 5.74) is 1.49. The minimum atomic E-state index is -0.867. The van der Waals surface area contributed by atoms with Gasteiger partial charge in [-0.3, -0.25) is 0 Å². The van der Waals surface area contributed by atoms with Gasteiger partial charge in [0.25, 0.3) is 0 Å². The van der Waals surface area contributed by atoms with E-state index in [0.717, 1.165) is 18.0 Å². The van der Waals surface area contributed by atoms with Gasteiger partial charge in [0.15, 0.2) is 0 Å². The quantitative estimate of drug-likeness (QED) is 0.829. The first-order chi connectivity index (χ1) is 10.1. The standard InChI is InChI=1S/C18H27NO2/c1-13(16-6-4-3-5-7-16)14(2)19-12-15-8-10-17(11-9-15)18(20)21/h8-11,13-14,16,19H,3-7,12H2,1-2H3,(H,20,21). The third-order valence-corrected chi connectivity index (χ3v) is 5.01. The highest BCUT2D eigenvalue weighted by molar-refractivity contribution is 5.87. The van der Waals surface area contributed by atoms with Crippen LogP contribution in [0.5, 0.6) is 0 Å². The van der Waals surface area contributed by atoms with E-state index in [9.17, 15) is 4.79 Å². The summed E-state index contributed by atoms with van der Waals surface area (Å²) in [6, 6.07) is 7.64. The molecular weight excluding hydrogens is 262 g/mol. The van der Waals surface area contributed by atoms with Gasteiger partial charge in [-0.25, -0.2) is 4.79 Å². The normalized spacial score (nSPS) is 19.1. The van der Waals surface area contributed by atoms with Gasteiger partial charge in [-0.1, -0.05) is 51.2 Å². The van der Waals surface area contributed by atoms with Gasteiger partial charge in [-0.2, -0.15) is 0 Å². The third kappa shape index (κ3) is 4.57. The Labute approximate surface area is 127 Å². The van der Waals surface area contributed by atoms with Crippen LogP contribution in [0.1, 0.15) is 61.9 Å². The number of nitrogens with one attached hydrogen (secondary N) is 1. The molecule has 0 amide bonds. The van der Waals surface area contributed by atoms with E-state index < -0.39 is 5.97 Å². The molecular formula is C18H27NO2. The molecule has 0 radical (unpaired) electrons. The second kappa shape index (κ2) is 7.60. The molecule has 0 saturated heterocycles. The van der Waals surface area contributed by atoms with E-state index in [4.69, 9.17) is 5.11 Å². The van der Waals surface area contributed by atoms with Crippen LogP contribution in [0.25, 0.3) is 0 Å². The lowest BCUT2D eigenvalue weighted by Crippen LogP contribution is -2.36. The van der Waals surface area contributed by atoms with Crippen molar-refractivity contribution in [1.29, 1.82) is 0 Å². The van der Waals surface area contributed by atoms with Crippen LogP contribution in [-0.4, -0.2) is 17.1 Å². The molecule has 1 saturated carbocycles. The van der Waals surface area contributed by atoms with Crippen LogP contribution in [0.15, 0.2) is 24.3 Å². The Kier molecular flexibility index (Phi) is 5.80. The fourth-order valence-corrected chi connectivity index (χ4v) is 3.30. The van der Waals surface area contributed by atoms with E-state index in [1.165, 1.54) is 32.1 Å². The maximum atomic E-state index is 10.8. The number of carbonyl (C=O) groups is 1. The molecule has 0 aliphatic heterocycles. The van der Waals surface area contributed by atoms with Crippen molar-refractivity contribution in [3.63, 3.8) is 0 Å². The third-order valence-electron chi connectivity index (χ3n) is 5.01. The van der Waals surface area contributed by atoms with E-state index in [2.05, 4.69) is 19.2 Å². The number of benzene rings is 1. The summed E-state index contributed by atoms with van der Waals surface area (Å²) in [5, 5.41) is 12.5. The summed E-state index contributed by atoms with van der Waals surface area (Å²) >= 11 is 0. The van der Waals surface area contributed by atoms with Crippen LogP contribution in [-0.2, 0) is 6.54 Å². The van der Waals surface area contributed by atoms with Crippen molar-refractivity contribution >= 4 is 5.97 Å². The van der Waals surface area contributed by atoms with E-state index in [0.29, 0.717) is 17.5 Å². The Morgan fingerprint density at radius 2 is 1.81 bits per heavy atom. The Balaban J connectivity index is 1.82. The maximum absolute atomic E-state index is 10.8. The lowest BCUT2D eigenvalue weighted by molar-refractivity contribution is 0.0697. The highest BCUT2D eigenvalue weighted by Gasteiger charge is 2.24. The summed E-state index contributed by atoms with van der Waals surface area (Å²) in [5.74, 6) is 0.688. The van der Waals surface area contributed by atoms with Crippen molar-refractivity contribution < 1.29 is 9.90 Å². The van der Waals surface area contributed by atoms with Crippen molar-refractivity contribution in [2.75, 3.05) is 0 Å². The number of aromatic carboxylic acids is 1. The van der Waals surface area contributed by atoms with Crippen molar-refractivity contribution in [3.05, 3.63) is 35.4 Å². The van der Waals surface area contributed by atoms with E-state index in [1.807, 2.05) is 12.1 Å². The molecule has 116 valence electrons. The van der Waals surface area contributed by atoms with Crippen molar-refractivity contribution in [3.8, 4) is 0 Å². The molecule has 0 bridgehead atoms. The monoisotopic (exact) mass is 289 g/mol. The molecule has 3 heteroatoms. The van der Waals surface area contributed by atoms with Crippen LogP contribution in [0.4, 0.5) is 0 Å². The number of carboxylic acids is 1.